The Morgan fingerprint density at radius 1 is 1.00 bits per heavy atom. The van der Waals surface area contributed by atoms with E-state index in [2.05, 4.69) is 16.8 Å². The third-order valence-corrected chi connectivity index (χ3v) is 5.80. The third kappa shape index (κ3) is 2.96. The van der Waals surface area contributed by atoms with Crippen LogP contribution in [0.25, 0.3) is 0 Å². The van der Waals surface area contributed by atoms with Gasteiger partial charge in [-0.25, -0.2) is 0 Å². The quantitative estimate of drug-likeness (QED) is 0.784. The van der Waals surface area contributed by atoms with Gasteiger partial charge < -0.3 is 10.6 Å². The van der Waals surface area contributed by atoms with Crippen molar-refractivity contribution in [3.63, 3.8) is 0 Å². The zero-order valence-electron chi connectivity index (χ0n) is 13.1. The minimum Gasteiger partial charge on any atom is -0.370 e. The maximum atomic E-state index is 6.27. The first kappa shape index (κ1) is 14.2. The van der Waals surface area contributed by atoms with Crippen LogP contribution in [0.2, 0.25) is 0 Å². The first-order chi connectivity index (χ1) is 9.75. The van der Waals surface area contributed by atoms with Gasteiger partial charge in [0.2, 0.25) is 0 Å². The Labute approximate surface area is 124 Å². The van der Waals surface area contributed by atoms with Crippen LogP contribution in [0.5, 0.6) is 0 Å². The Bertz CT molecular complexity index is 344. The highest BCUT2D eigenvalue weighted by molar-refractivity contribution is 5.80. The molecule has 2 aliphatic carbocycles. The largest absolute Gasteiger partial charge is 0.370 e. The molecule has 3 unspecified atom stereocenters. The predicted octanol–water partition coefficient (Wildman–Crippen LogP) is 3.53. The van der Waals surface area contributed by atoms with Gasteiger partial charge in [0.15, 0.2) is 5.96 Å². The number of guanidine groups is 1. The van der Waals surface area contributed by atoms with Gasteiger partial charge in [0.25, 0.3) is 0 Å². The van der Waals surface area contributed by atoms with Crippen molar-refractivity contribution in [3.8, 4) is 0 Å². The van der Waals surface area contributed by atoms with Gasteiger partial charge in [0.05, 0.1) is 12.6 Å². The van der Waals surface area contributed by atoms with Crippen LogP contribution in [0.4, 0.5) is 0 Å². The number of hydrogen-bond donors (Lipinski definition) is 1. The monoisotopic (exact) mass is 277 g/mol. The van der Waals surface area contributed by atoms with E-state index < -0.39 is 0 Å². The molecule has 0 saturated heterocycles. The summed E-state index contributed by atoms with van der Waals surface area (Å²) in [6.07, 6.45) is 13.8. The highest BCUT2D eigenvalue weighted by Gasteiger charge is 2.38. The van der Waals surface area contributed by atoms with E-state index in [9.17, 15) is 0 Å². The molecule has 114 valence electrons. The van der Waals surface area contributed by atoms with E-state index in [0.717, 1.165) is 24.3 Å². The smallest absolute Gasteiger partial charge is 0.191 e. The second-order valence-electron chi connectivity index (χ2n) is 7.35. The molecule has 2 N–H and O–H groups in total. The van der Waals surface area contributed by atoms with Gasteiger partial charge in [0, 0.05) is 6.04 Å². The van der Waals surface area contributed by atoms with Crippen LogP contribution in [-0.2, 0) is 0 Å². The molecule has 3 rings (SSSR count). The van der Waals surface area contributed by atoms with Gasteiger partial charge in [-0.1, -0.05) is 45.4 Å². The van der Waals surface area contributed by atoms with Gasteiger partial charge in [-0.3, -0.25) is 4.99 Å². The second kappa shape index (κ2) is 6.36. The SMILES string of the molecule is CC1CCCC(C2CN=C(N)N2C2CCCCCC2)C1. The standard InChI is InChI=1S/C17H31N3/c1-13-7-6-8-14(11-13)16-12-19-17(18)20(16)15-9-4-2-3-5-10-15/h13-16H,2-12H2,1H3,(H2,18,19). The van der Waals surface area contributed by atoms with E-state index >= 15 is 0 Å². The Kier molecular flexibility index (Phi) is 4.52. The lowest BCUT2D eigenvalue weighted by molar-refractivity contribution is 0.136. The summed E-state index contributed by atoms with van der Waals surface area (Å²) in [5.74, 6) is 2.57. The molecule has 2 fully saturated rings. The van der Waals surface area contributed by atoms with Crippen LogP contribution in [0, 0.1) is 11.8 Å². The first-order valence-corrected chi connectivity index (χ1v) is 8.84. The average molecular weight is 277 g/mol. The minimum absolute atomic E-state index is 0.612. The molecule has 0 aromatic carbocycles. The van der Waals surface area contributed by atoms with Crippen LogP contribution < -0.4 is 5.73 Å². The van der Waals surface area contributed by atoms with Crippen molar-refractivity contribution in [3.05, 3.63) is 0 Å². The number of nitrogens with two attached hydrogens (primary N) is 1. The van der Waals surface area contributed by atoms with Crippen LogP contribution in [-0.4, -0.2) is 29.5 Å². The van der Waals surface area contributed by atoms with Crippen LogP contribution in [0.15, 0.2) is 4.99 Å². The molecule has 0 aromatic rings. The summed E-state index contributed by atoms with van der Waals surface area (Å²) in [5, 5.41) is 0. The van der Waals surface area contributed by atoms with Gasteiger partial charge in [-0.15, -0.1) is 0 Å². The first-order valence-electron chi connectivity index (χ1n) is 8.84. The fraction of sp³-hybridized carbons (Fsp3) is 0.941. The number of hydrogen-bond acceptors (Lipinski definition) is 3. The van der Waals surface area contributed by atoms with Crippen LogP contribution in [0.1, 0.15) is 71.1 Å². The summed E-state index contributed by atoms with van der Waals surface area (Å²) in [6, 6.07) is 1.28. The maximum Gasteiger partial charge on any atom is 0.191 e. The summed E-state index contributed by atoms with van der Waals surface area (Å²) < 4.78 is 0. The topological polar surface area (TPSA) is 41.6 Å². The molecule has 0 spiro atoms. The number of rotatable bonds is 2. The van der Waals surface area contributed by atoms with Crippen molar-refractivity contribution in [2.75, 3.05) is 6.54 Å². The molecule has 3 atom stereocenters. The summed E-state index contributed by atoms with van der Waals surface area (Å²) in [7, 11) is 0. The maximum absolute atomic E-state index is 6.27. The van der Waals surface area contributed by atoms with E-state index in [1.807, 2.05) is 0 Å². The highest BCUT2D eigenvalue weighted by atomic mass is 15.3. The zero-order chi connectivity index (χ0) is 13.9. The van der Waals surface area contributed by atoms with Gasteiger partial charge in [0.1, 0.15) is 0 Å². The van der Waals surface area contributed by atoms with Crippen molar-refractivity contribution >= 4 is 5.96 Å². The fourth-order valence-electron chi connectivity index (χ4n) is 4.73. The molecule has 2 saturated carbocycles. The van der Waals surface area contributed by atoms with Gasteiger partial charge >= 0.3 is 0 Å². The molecule has 0 radical (unpaired) electrons. The molecule has 1 heterocycles. The summed E-state index contributed by atoms with van der Waals surface area (Å²) in [5.41, 5.74) is 6.27. The number of nitrogens with zero attached hydrogens (tertiary/aromatic N) is 2. The van der Waals surface area contributed by atoms with Gasteiger partial charge in [-0.2, -0.15) is 0 Å². The minimum atomic E-state index is 0.612. The molecule has 0 bridgehead atoms. The number of aliphatic imine (C=N–C) groups is 1. The van der Waals surface area contributed by atoms with Gasteiger partial charge in [-0.05, 0) is 37.5 Å². The zero-order valence-corrected chi connectivity index (χ0v) is 13.1. The summed E-state index contributed by atoms with van der Waals surface area (Å²) in [6.45, 7) is 3.38. The average Bonchev–Trinajstić information content (AvgIpc) is 2.66. The van der Waals surface area contributed by atoms with E-state index in [1.54, 1.807) is 0 Å². The Morgan fingerprint density at radius 2 is 1.75 bits per heavy atom. The van der Waals surface area contributed by atoms with E-state index in [4.69, 9.17) is 5.73 Å². The van der Waals surface area contributed by atoms with Crippen molar-refractivity contribution < 1.29 is 0 Å². The molecule has 20 heavy (non-hydrogen) atoms. The Hall–Kier alpha value is -0.730. The predicted molar refractivity (Wildman–Crippen MR) is 84.7 cm³/mol. The van der Waals surface area contributed by atoms with Crippen molar-refractivity contribution in [1.29, 1.82) is 0 Å². The summed E-state index contributed by atoms with van der Waals surface area (Å²) >= 11 is 0. The lowest BCUT2D eigenvalue weighted by atomic mass is 9.78. The fourth-order valence-corrected chi connectivity index (χ4v) is 4.73. The molecule has 3 heteroatoms. The third-order valence-electron chi connectivity index (χ3n) is 5.80. The van der Waals surface area contributed by atoms with E-state index in [-0.39, 0.29) is 0 Å². The second-order valence-corrected chi connectivity index (χ2v) is 7.35. The molecule has 3 nitrogen and oxygen atoms in total. The van der Waals surface area contributed by atoms with Crippen LogP contribution >= 0.6 is 0 Å². The Morgan fingerprint density at radius 3 is 2.45 bits per heavy atom. The van der Waals surface area contributed by atoms with Crippen molar-refractivity contribution in [1.82, 2.24) is 4.90 Å². The normalized spacial score (nSPS) is 36.8. The summed E-state index contributed by atoms with van der Waals surface area (Å²) in [4.78, 5) is 7.18. The lowest BCUT2D eigenvalue weighted by Gasteiger charge is -2.40. The molecular weight excluding hydrogens is 246 g/mol. The molecular formula is C17H31N3. The Balaban J connectivity index is 1.70. The highest BCUT2D eigenvalue weighted by Crippen LogP contribution is 2.36. The molecule has 1 aliphatic heterocycles. The molecule has 0 amide bonds. The molecule has 0 aromatic heterocycles. The lowest BCUT2D eigenvalue weighted by Crippen LogP contribution is -2.50. The van der Waals surface area contributed by atoms with Crippen LogP contribution in [0.3, 0.4) is 0 Å². The molecule has 3 aliphatic rings. The van der Waals surface area contributed by atoms with E-state index in [1.165, 1.54) is 64.2 Å². The van der Waals surface area contributed by atoms with Crippen molar-refractivity contribution in [2.24, 2.45) is 22.6 Å². The van der Waals surface area contributed by atoms with Crippen molar-refractivity contribution in [2.45, 2.75) is 83.2 Å². The van der Waals surface area contributed by atoms with E-state index in [0.29, 0.717) is 12.1 Å².